The quantitative estimate of drug-likeness (QED) is 0.720. The highest BCUT2D eigenvalue weighted by atomic mass is 16.5. The molecule has 7 heteroatoms. The molecule has 1 fully saturated rings. The van der Waals surface area contributed by atoms with Gasteiger partial charge in [-0.25, -0.2) is 4.79 Å². The molecule has 3 aromatic rings. The molecule has 0 spiro atoms. The Labute approximate surface area is 169 Å². The smallest absolute Gasteiger partial charge is 0.317 e. The number of benzene rings is 2. The van der Waals surface area contributed by atoms with Crippen molar-refractivity contribution in [1.29, 1.82) is 0 Å². The minimum absolute atomic E-state index is 0.0768. The van der Waals surface area contributed by atoms with Crippen molar-refractivity contribution in [2.75, 3.05) is 20.2 Å². The summed E-state index contributed by atoms with van der Waals surface area (Å²) < 4.78 is 10.9. The number of amides is 2. The Hall–Kier alpha value is -3.35. The molecule has 2 heterocycles. The zero-order valence-corrected chi connectivity index (χ0v) is 16.4. The molecule has 0 aliphatic carbocycles. The Bertz CT molecular complexity index is 972. The summed E-state index contributed by atoms with van der Waals surface area (Å²) in [6, 6.07) is 17.7. The molecular weight excluding hydrogens is 368 g/mol. The van der Waals surface area contributed by atoms with Gasteiger partial charge in [0.25, 0.3) is 0 Å². The fourth-order valence-corrected chi connectivity index (χ4v) is 3.60. The van der Waals surface area contributed by atoms with E-state index in [9.17, 15) is 4.79 Å². The summed E-state index contributed by atoms with van der Waals surface area (Å²) in [5.74, 6) is 0.879. The highest BCUT2D eigenvalue weighted by Gasteiger charge is 2.25. The van der Waals surface area contributed by atoms with E-state index in [0.717, 1.165) is 30.3 Å². The van der Waals surface area contributed by atoms with Gasteiger partial charge in [0.2, 0.25) is 11.8 Å². The Balaban J connectivity index is 1.34. The zero-order chi connectivity index (χ0) is 20.1. The van der Waals surface area contributed by atoms with Gasteiger partial charge in [0.15, 0.2) is 0 Å². The molecule has 1 N–H and O–H groups in total. The van der Waals surface area contributed by atoms with Gasteiger partial charge in [0.1, 0.15) is 6.10 Å². The molecule has 1 saturated heterocycles. The molecule has 0 bridgehead atoms. The van der Waals surface area contributed by atoms with E-state index in [2.05, 4.69) is 33.7 Å². The third-order valence-electron chi connectivity index (χ3n) is 5.09. The van der Waals surface area contributed by atoms with Gasteiger partial charge in [-0.15, -0.1) is 10.2 Å². The number of hydrogen-bond acceptors (Lipinski definition) is 5. The number of rotatable bonds is 5. The van der Waals surface area contributed by atoms with Gasteiger partial charge in [0.05, 0.1) is 13.7 Å². The van der Waals surface area contributed by atoms with Crippen LogP contribution in [0.2, 0.25) is 0 Å². The molecule has 1 atom stereocenters. The summed E-state index contributed by atoms with van der Waals surface area (Å²) in [5, 5.41) is 13.3. The van der Waals surface area contributed by atoms with Crippen LogP contribution in [0.25, 0.3) is 10.8 Å². The van der Waals surface area contributed by atoms with E-state index in [1.807, 2.05) is 24.3 Å². The largest absolute Gasteiger partial charge is 0.480 e. The van der Waals surface area contributed by atoms with Crippen LogP contribution in [0.4, 0.5) is 4.79 Å². The van der Waals surface area contributed by atoms with Crippen molar-refractivity contribution in [1.82, 2.24) is 20.4 Å². The Morgan fingerprint density at radius 1 is 1.10 bits per heavy atom. The van der Waals surface area contributed by atoms with Crippen molar-refractivity contribution in [3.8, 4) is 11.8 Å². The summed E-state index contributed by atoms with van der Waals surface area (Å²) in [4.78, 5) is 14.5. The van der Waals surface area contributed by atoms with Crippen molar-refractivity contribution in [3.63, 3.8) is 0 Å². The Morgan fingerprint density at radius 3 is 2.72 bits per heavy atom. The lowest BCUT2D eigenvalue weighted by Crippen LogP contribution is -2.48. The number of methoxy groups -OCH3 is 1. The number of carbonyl (C=O) groups is 1. The monoisotopic (exact) mass is 392 g/mol. The van der Waals surface area contributed by atoms with Gasteiger partial charge in [-0.2, -0.15) is 0 Å². The first-order chi connectivity index (χ1) is 14.2. The molecule has 7 nitrogen and oxygen atoms in total. The molecule has 1 unspecified atom stereocenters. The van der Waals surface area contributed by atoms with E-state index < -0.39 is 0 Å². The van der Waals surface area contributed by atoms with Crippen molar-refractivity contribution in [3.05, 3.63) is 60.2 Å². The fraction of sp³-hybridized carbons (Fsp3) is 0.318. The van der Waals surface area contributed by atoms with Crippen LogP contribution in [0.5, 0.6) is 11.8 Å². The van der Waals surface area contributed by atoms with Crippen LogP contribution in [-0.4, -0.2) is 47.4 Å². The van der Waals surface area contributed by atoms with Crippen LogP contribution in [-0.2, 0) is 6.54 Å². The third-order valence-corrected chi connectivity index (χ3v) is 5.09. The van der Waals surface area contributed by atoms with Gasteiger partial charge >= 0.3 is 6.03 Å². The van der Waals surface area contributed by atoms with Crippen LogP contribution >= 0.6 is 0 Å². The highest BCUT2D eigenvalue weighted by Crippen LogP contribution is 2.20. The fourth-order valence-electron chi connectivity index (χ4n) is 3.60. The summed E-state index contributed by atoms with van der Waals surface area (Å²) in [7, 11) is 1.54. The summed E-state index contributed by atoms with van der Waals surface area (Å²) in [5.41, 5.74) is 1.11. The second kappa shape index (κ2) is 8.77. The number of aromatic nitrogens is 2. The van der Waals surface area contributed by atoms with Crippen LogP contribution in [0.1, 0.15) is 18.4 Å². The first kappa shape index (κ1) is 19.0. The molecule has 1 aromatic heterocycles. The average Bonchev–Trinajstić information content (AvgIpc) is 2.78. The maximum absolute atomic E-state index is 12.7. The molecular formula is C22H24N4O3. The molecule has 0 saturated carbocycles. The summed E-state index contributed by atoms with van der Waals surface area (Å²) in [6.45, 7) is 1.73. The average molecular weight is 392 g/mol. The van der Waals surface area contributed by atoms with Crippen molar-refractivity contribution in [2.45, 2.75) is 25.5 Å². The molecule has 29 heavy (non-hydrogen) atoms. The highest BCUT2D eigenvalue weighted by molar-refractivity contribution is 5.86. The normalized spacial score (nSPS) is 16.4. The molecule has 150 valence electrons. The van der Waals surface area contributed by atoms with E-state index in [-0.39, 0.29) is 12.1 Å². The molecule has 1 aliphatic rings. The SMILES string of the molecule is COc1ccc(OC2CCCN(C(=O)NCc3cccc4ccccc34)C2)nn1. The number of nitrogens with one attached hydrogen (secondary N) is 1. The van der Waals surface area contributed by atoms with Crippen molar-refractivity contribution < 1.29 is 14.3 Å². The van der Waals surface area contributed by atoms with Crippen LogP contribution in [0, 0.1) is 0 Å². The van der Waals surface area contributed by atoms with E-state index >= 15 is 0 Å². The molecule has 1 aliphatic heterocycles. The minimum atomic E-state index is -0.102. The maximum Gasteiger partial charge on any atom is 0.317 e. The maximum atomic E-state index is 12.7. The first-order valence-electron chi connectivity index (χ1n) is 9.77. The van der Waals surface area contributed by atoms with Crippen molar-refractivity contribution >= 4 is 16.8 Å². The lowest BCUT2D eigenvalue weighted by molar-refractivity contribution is 0.0967. The number of hydrogen-bond donors (Lipinski definition) is 1. The number of carbonyl (C=O) groups excluding carboxylic acids is 1. The number of nitrogens with zero attached hydrogens (tertiary/aromatic N) is 3. The second-order valence-corrected chi connectivity index (χ2v) is 7.04. The number of likely N-dealkylation sites (tertiary alicyclic amines) is 1. The lowest BCUT2D eigenvalue weighted by atomic mass is 10.0. The number of fused-ring (bicyclic) bond motifs is 1. The number of ether oxygens (including phenoxy) is 2. The molecule has 4 rings (SSSR count). The van der Waals surface area contributed by atoms with Crippen LogP contribution in [0.3, 0.4) is 0 Å². The standard InChI is InChI=1S/C22H24N4O3/c1-28-20-11-12-21(25-24-20)29-18-9-5-13-26(15-18)22(27)23-14-17-8-4-7-16-6-2-3-10-19(16)17/h2-4,6-8,10-12,18H,5,9,13-15H2,1H3,(H,23,27). The minimum Gasteiger partial charge on any atom is -0.480 e. The number of urea groups is 1. The van der Waals surface area contributed by atoms with Gasteiger partial charge in [-0.1, -0.05) is 42.5 Å². The van der Waals surface area contributed by atoms with Crippen LogP contribution < -0.4 is 14.8 Å². The number of piperidine rings is 1. The van der Waals surface area contributed by atoms with E-state index in [1.54, 1.807) is 24.1 Å². The third kappa shape index (κ3) is 4.56. The van der Waals surface area contributed by atoms with Gasteiger partial charge < -0.3 is 19.7 Å². The van der Waals surface area contributed by atoms with E-state index in [1.165, 1.54) is 5.39 Å². The Kier molecular flexibility index (Phi) is 5.74. The predicted octanol–water partition coefficient (Wildman–Crippen LogP) is 3.39. The van der Waals surface area contributed by atoms with Gasteiger partial charge in [-0.05, 0) is 29.2 Å². The molecule has 2 amide bonds. The zero-order valence-electron chi connectivity index (χ0n) is 16.4. The van der Waals surface area contributed by atoms with Crippen molar-refractivity contribution in [2.24, 2.45) is 0 Å². The first-order valence-corrected chi connectivity index (χ1v) is 9.77. The van der Waals surface area contributed by atoms with Gasteiger partial charge in [0, 0.05) is 25.2 Å². The lowest BCUT2D eigenvalue weighted by Gasteiger charge is -2.32. The van der Waals surface area contributed by atoms with E-state index in [0.29, 0.717) is 24.8 Å². The second-order valence-electron chi connectivity index (χ2n) is 7.04. The molecule has 2 aromatic carbocycles. The van der Waals surface area contributed by atoms with E-state index in [4.69, 9.17) is 9.47 Å². The summed E-state index contributed by atoms with van der Waals surface area (Å²) >= 11 is 0. The summed E-state index contributed by atoms with van der Waals surface area (Å²) in [6.07, 6.45) is 1.66. The topological polar surface area (TPSA) is 76.6 Å². The molecule has 0 radical (unpaired) electrons. The van der Waals surface area contributed by atoms with Crippen LogP contribution in [0.15, 0.2) is 54.6 Å². The van der Waals surface area contributed by atoms with Gasteiger partial charge in [-0.3, -0.25) is 0 Å². The Morgan fingerprint density at radius 2 is 1.90 bits per heavy atom. The predicted molar refractivity (Wildman–Crippen MR) is 110 cm³/mol.